The highest BCUT2D eigenvalue weighted by Crippen LogP contribution is 2.27. The molecule has 1 saturated carbocycles. The number of aromatic nitrogens is 2. The maximum absolute atomic E-state index is 12.5. The number of carbonyl (C=O) groups is 1. The number of imidazole rings is 1. The van der Waals surface area contributed by atoms with Crippen molar-refractivity contribution in [3.05, 3.63) is 42.4 Å². The standard InChI is InChI=1S/C19H25N3O4/c23-19(18-5-4-15(26-18)10-22-8-7-20-13-22)21-16-12-24-9-6-17(16)25-11-14-2-1-3-14/h4-5,7-8,13-14,16-17H,1-3,6,9-12H2,(H,21,23)/t16-,17+/m1/s1. The first-order chi connectivity index (χ1) is 12.8. The summed E-state index contributed by atoms with van der Waals surface area (Å²) < 4.78 is 19.2. The highest BCUT2D eigenvalue weighted by Gasteiger charge is 2.30. The fourth-order valence-electron chi connectivity index (χ4n) is 3.36. The molecule has 7 heteroatoms. The predicted octanol–water partition coefficient (Wildman–Crippen LogP) is 2.23. The van der Waals surface area contributed by atoms with Crippen LogP contribution in [0.2, 0.25) is 0 Å². The normalized spacial score (nSPS) is 23.5. The number of hydrogen-bond donors (Lipinski definition) is 1. The number of rotatable bonds is 7. The van der Waals surface area contributed by atoms with Gasteiger partial charge in [-0.1, -0.05) is 6.42 Å². The fraction of sp³-hybridized carbons (Fsp3) is 0.579. The first-order valence-electron chi connectivity index (χ1n) is 9.32. The Hall–Kier alpha value is -2.12. The van der Waals surface area contributed by atoms with Crippen molar-refractivity contribution in [2.45, 2.75) is 44.4 Å². The van der Waals surface area contributed by atoms with Crippen LogP contribution < -0.4 is 5.32 Å². The average molecular weight is 359 g/mol. The van der Waals surface area contributed by atoms with Crippen molar-refractivity contribution in [1.29, 1.82) is 0 Å². The number of ether oxygens (including phenoxy) is 2. The van der Waals surface area contributed by atoms with Crippen LogP contribution in [0.1, 0.15) is 42.0 Å². The van der Waals surface area contributed by atoms with E-state index >= 15 is 0 Å². The smallest absolute Gasteiger partial charge is 0.287 e. The van der Waals surface area contributed by atoms with Gasteiger partial charge in [0.25, 0.3) is 5.91 Å². The molecule has 0 aromatic carbocycles. The Morgan fingerprint density at radius 3 is 3.04 bits per heavy atom. The molecule has 2 atom stereocenters. The van der Waals surface area contributed by atoms with Crippen molar-refractivity contribution in [2.24, 2.45) is 5.92 Å². The van der Waals surface area contributed by atoms with Crippen molar-refractivity contribution < 1.29 is 18.7 Å². The number of amides is 1. The molecule has 1 aliphatic heterocycles. The van der Waals surface area contributed by atoms with Crippen molar-refractivity contribution in [2.75, 3.05) is 19.8 Å². The molecule has 4 rings (SSSR count). The minimum atomic E-state index is -0.227. The van der Waals surface area contributed by atoms with E-state index in [0.717, 1.165) is 13.0 Å². The zero-order valence-corrected chi connectivity index (χ0v) is 14.8. The lowest BCUT2D eigenvalue weighted by atomic mass is 9.86. The Bertz CT molecular complexity index is 708. The van der Waals surface area contributed by atoms with Crippen LogP contribution in [-0.4, -0.2) is 47.4 Å². The first kappa shape index (κ1) is 17.3. The first-order valence-corrected chi connectivity index (χ1v) is 9.32. The number of furan rings is 1. The average Bonchev–Trinajstić information content (AvgIpc) is 3.27. The summed E-state index contributed by atoms with van der Waals surface area (Å²) >= 11 is 0. The SMILES string of the molecule is O=C(N[C@@H]1COCC[C@@H]1OCC1CCC1)c1ccc(Cn2ccnc2)o1. The van der Waals surface area contributed by atoms with Crippen LogP contribution in [0.3, 0.4) is 0 Å². The molecule has 0 spiro atoms. The van der Waals surface area contributed by atoms with Gasteiger partial charge in [-0.15, -0.1) is 0 Å². The van der Waals surface area contributed by atoms with Gasteiger partial charge in [-0.3, -0.25) is 4.79 Å². The molecule has 2 fully saturated rings. The van der Waals surface area contributed by atoms with E-state index in [1.807, 2.05) is 16.8 Å². The van der Waals surface area contributed by atoms with Gasteiger partial charge >= 0.3 is 0 Å². The molecule has 1 N–H and O–H groups in total. The monoisotopic (exact) mass is 359 g/mol. The van der Waals surface area contributed by atoms with Gasteiger partial charge in [0.15, 0.2) is 5.76 Å². The van der Waals surface area contributed by atoms with E-state index < -0.39 is 0 Å². The molecule has 1 aliphatic carbocycles. The predicted molar refractivity (Wildman–Crippen MR) is 93.8 cm³/mol. The molecule has 3 heterocycles. The van der Waals surface area contributed by atoms with Crippen molar-refractivity contribution in [3.63, 3.8) is 0 Å². The second kappa shape index (κ2) is 8.05. The lowest BCUT2D eigenvalue weighted by molar-refractivity contribution is -0.0698. The topological polar surface area (TPSA) is 78.5 Å². The summed E-state index contributed by atoms with van der Waals surface area (Å²) in [6.07, 6.45) is 9.91. The summed E-state index contributed by atoms with van der Waals surface area (Å²) in [7, 11) is 0. The highest BCUT2D eigenvalue weighted by molar-refractivity contribution is 5.91. The van der Waals surface area contributed by atoms with Crippen LogP contribution >= 0.6 is 0 Å². The summed E-state index contributed by atoms with van der Waals surface area (Å²) in [5.41, 5.74) is 0. The van der Waals surface area contributed by atoms with Crippen LogP contribution in [0.4, 0.5) is 0 Å². The van der Waals surface area contributed by atoms with Gasteiger partial charge < -0.3 is 23.8 Å². The number of nitrogens with one attached hydrogen (secondary N) is 1. The van der Waals surface area contributed by atoms with Gasteiger partial charge in [-0.2, -0.15) is 0 Å². The quantitative estimate of drug-likeness (QED) is 0.820. The van der Waals surface area contributed by atoms with Crippen LogP contribution in [-0.2, 0) is 16.0 Å². The lowest BCUT2D eigenvalue weighted by Crippen LogP contribution is -2.51. The fourth-order valence-corrected chi connectivity index (χ4v) is 3.36. The third kappa shape index (κ3) is 4.16. The minimum Gasteiger partial charge on any atom is -0.454 e. The van der Waals surface area contributed by atoms with E-state index in [0.29, 0.717) is 37.2 Å². The molecule has 7 nitrogen and oxygen atoms in total. The van der Waals surface area contributed by atoms with E-state index in [1.54, 1.807) is 18.6 Å². The van der Waals surface area contributed by atoms with Gasteiger partial charge in [-0.05, 0) is 37.3 Å². The molecule has 1 saturated heterocycles. The molecular formula is C19H25N3O4. The Morgan fingerprint density at radius 2 is 2.27 bits per heavy atom. The molecular weight excluding hydrogens is 334 g/mol. The van der Waals surface area contributed by atoms with Gasteiger partial charge in [-0.25, -0.2) is 4.98 Å². The largest absolute Gasteiger partial charge is 0.454 e. The molecule has 0 bridgehead atoms. The Labute approximate surface area is 152 Å². The molecule has 1 amide bonds. The Balaban J connectivity index is 1.32. The number of carbonyl (C=O) groups excluding carboxylic acids is 1. The van der Waals surface area contributed by atoms with Crippen molar-refractivity contribution in [3.8, 4) is 0 Å². The summed E-state index contributed by atoms with van der Waals surface area (Å²) in [5, 5.41) is 3.02. The maximum Gasteiger partial charge on any atom is 0.287 e. The number of hydrogen-bond acceptors (Lipinski definition) is 5. The maximum atomic E-state index is 12.5. The van der Waals surface area contributed by atoms with Gasteiger partial charge in [0, 0.05) is 25.6 Å². The van der Waals surface area contributed by atoms with Crippen LogP contribution in [0.15, 0.2) is 35.3 Å². The second-order valence-corrected chi connectivity index (χ2v) is 7.11. The minimum absolute atomic E-state index is 0.00804. The van der Waals surface area contributed by atoms with Gasteiger partial charge in [0.1, 0.15) is 5.76 Å². The number of nitrogens with zero attached hydrogens (tertiary/aromatic N) is 2. The lowest BCUT2D eigenvalue weighted by Gasteiger charge is -2.34. The molecule has 2 aromatic heterocycles. The van der Waals surface area contributed by atoms with Gasteiger partial charge in [0.05, 0.1) is 31.6 Å². The van der Waals surface area contributed by atoms with Crippen LogP contribution in [0.25, 0.3) is 0 Å². The summed E-state index contributed by atoms with van der Waals surface area (Å²) in [6, 6.07) is 3.38. The van der Waals surface area contributed by atoms with E-state index in [4.69, 9.17) is 13.9 Å². The molecule has 140 valence electrons. The molecule has 2 aromatic rings. The van der Waals surface area contributed by atoms with E-state index in [-0.39, 0.29) is 18.1 Å². The highest BCUT2D eigenvalue weighted by atomic mass is 16.5. The van der Waals surface area contributed by atoms with Crippen molar-refractivity contribution in [1.82, 2.24) is 14.9 Å². The summed E-state index contributed by atoms with van der Waals surface area (Å²) in [5.74, 6) is 1.48. The van der Waals surface area contributed by atoms with Gasteiger partial charge in [0.2, 0.25) is 0 Å². The summed E-state index contributed by atoms with van der Waals surface area (Å²) in [4.78, 5) is 16.5. The molecule has 0 unspecified atom stereocenters. The van der Waals surface area contributed by atoms with Crippen molar-refractivity contribution >= 4 is 5.91 Å². The third-order valence-corrected chi connectivity index (χ3v) is 5.16. The second-order valence-electron chi connectivity index (χ2n) is 7.11. The van der Waals surface area contributed by atoms with E-state index in [9.17, 15) is 4.79 Å². The molecule has 26 heavy (non-hydrogen) atoms. The molecule has 0 radical (unpaired) electrons. The van der Waals surface area contributed by atoms with E-state index in [1.165, 1.54) is 19.3 Å². The van der Waals surface area contributed by atoms with Crippen LogP contribution in [0, 0.1) is 5.92 Å². The summed E-state index contributed by atoms with van der Waals surface area (Å²) in [6.45, 7) is 2.49. The Morgan fingerprint density at radius 1 is 1.35 bits per heavy atom. The van der Waals surface area contributed by atoms with Crippen LogP contribution in [0.5, 0.6) is 0 Å². The molecule has 2 aliphatic rings. The van der Waals surface area contributed by atoms with E-state index in [2.05, 4.69) is 10.3 Å². The Kier molecular flexibility index (Phi) is 5.36. The third-order valence-electron chi connectivity index (χ3n) is 5.16. The zero-order valence-electron chi connectivity index (χ0n) is 14.8. The zero-order chi connectivity index (χ0) is 17.8.